The molecule has 5 heteroatoms. The third-order valence-corrected chi connectivity index (χ3v) is 5.30. The minimum atomic E-state index is -0.523. The van der Waals surface area contributed by atoms with Crippen molar-refractivity contribution in [1.82, 2.24) is 4.90 Å². The van der Waals surface area contributed by atoms with E-state index in [2.05, 4.69) is 0 Å². The largest absolute Gasteiger partial charge is 0.493 e. The highest BCUT2D eigenvalue weighted by Gasteiger charge is 2.43. The summed E-state index contributed by atoms with van der Waals surface area (Å²) >= 11 is 0. The third-order valence-electron chi connectivity index (χ3n) is 5.30. The second kappa shape index (κ2) is 8.44. The minimum absolute atomic E-state index is 0.131. The molecule has 1 fully saturated rings. The summed E-state index contributed by atoms with van der Waals surface area (Å²) in [7, 11) is 5.09. The van der Waals surface area contributed by atoms with Crippen LogP contribution in [0.3, 0.4) is 0 Å². The first-order valence-corrected chi connectivity index (χ1v) is 9.20. The van der Waals surface area contributed by atoms with Crippen LogP contribution < -0.4 is 9.47 Å². The summed E-state index contributed by atoms with van der Waals surface area (Å²) in [6, 6.07) is 15.8. The lowest BCUT2D eigenvalue weighted by molar-refractivity contribution is -0.140. The van der Waals surface area contributed by atoms with E-state index < -0.39 is 5.41 Å². The summed E-state index contributed by atoms with van der Waals surface area (Å²) in [5.74, 6) is 1.48. The molecule has 1 heterocycles. The maximum absolute atomic E-state index is 13.5. The highest BCUT2D eigenvalue weighted by molar-refractivity contribution is 5.88. The van der Waals surface area contributed by atoms with Crippen LogP contribution in [-0.4, -0.2) is 45.3 Å². The molecule has 0 aromatic heterocycles. The van der Waals surface area contributed by atoms with E-state index in [1.807, 2.05) is 55.6 Å². The van der Waals surface area contributed by atoms with E-state index >= 15 is 0 Å². The van der Waals surface area contributed by atoms with Crippen molar-refractivity contribution in [2.24, 2.45) is 0 Å². The molecule has 0 atom stereocenters. The number of likely N-dealkylation sites (N-methyl/N-ethyl adjacent to an activating group) is 1. The quantitative estimate of drug-likeness (QED) is 0.783. The number of carbonyl (C=O) groups excluding carboxylic acids is 1. The van der Waals surface area contributed by atoms with E-state index in [1.54, 1.807) is 19.1 Å². The molecule has 2 aromatic rings. The number of hydrogen-bond donors (Lipinski definition) is 0. The van der Waals surface area contributed by atoms with Crippen molar-refractivity contribution in [2.75, 3.05) is 34.5 Å². The van der Waals surface area contributed by atoms with Crippen LogP contribution >= 0.6 is 0 Å². The fourth-order valence-corrected chi connectivity index (χ4v) is 3.79. The van der Waals surface area contributed by atoms with Crippen molar-refractivity contribution in [1.29, 1.82) is 0 Å². The SMILES string of the molecule is COc1ccc(CN(C)C(=O)C2(c3ccccc3)CCOCC2)cc1OC. The van der Waals surface area contributed by atoms with Crippen molar-refractivity contribution in [3.8, 4) is 11.5 Å². The topological polar surface area (TPSA) is 48.0 Å². The van der Waals surface area contributed by atoms with E-state index in [-0.39, 0.29) is 5.91 Å². The third kappa shape index (κ3) is 3.93. The highest BCUT2D eigenvalue weighted by atomic mass is 16.5. The molecular weight excluding hydrogens is 342 g/mol. The first-order valence-electron chi connectivity index (χ1n) is 9.20. The van der Waals surface area contributed by atoms with Crippen LogP contribution in [0.25, 0.3) is 0 Å². The lowest BCUT2D eigenvalue weighted by atomic mass is 9.73. The number of rotatable bonds is 6. The summed E-state index contributed by atoms with van der Waals surface area (Å²) in [5.41, 5.74) is 1.54. The van der Waals surface area contributed by atoms with Gasteiger partial charge in [-0.25, -0.2) is 0 Å². The first kappa shape index (κ1) is 19.2. The number of amides is 1. The van der Waals surface area contributed by atoms with Crippen LogP contribution in [0, 0.1) is 0 Å². The van der Waals surface area contributed by atoms with E-state index in [9.17, 15) is 4.79 Å². The molecule has 1 saturated heterocycles. The van der Waals surface area contributed by atoms with Gasteiger partial charge in [-0.3, -0.25) is 4.79 Å². The summed E-state index contributed by atoms with van der Waals surface area (Å²) in [5, 5.41) is 0. The van der Waals surface area contributed by atoms with Gasteiger partial charge in [0.2, 0.25) is 5.91 Å². The Hall–Kier alpha value is -2.53. The van der Waals surface area contributed by atoms with Gasteiger partial charge >= 0.3 is 0 Å². The first-order chi connectivity index (χ1) is 13.1. The Balaban J connectivity index is 1.84. The van der Waals surface area contributed by atoms with Crippen LogP contribution in [0.5, 0.6) is 11.5 Å². The molecule has 1 aliphatic heterocycles. The molecular formula is C22H27NO4. The van der Waals surface area contributed by atoms with Gasteiger partial charge in [-0.2, -0.15) is 0 Å². The second-order valence-electron chi connectivity index (χ2n) is 6.91. The normalized spacial score (nSPS) is 15.8. The van der Waals surface area contributed by atoms with Gasteiger partial charge in [0, 0.05) is 26.8 Å². The van der Waals surface area contributed by atoms with Crippen molar-refractivity contribution < 1.29 is 19.0 Å². The number of methoxy groups -OCH3 is 2. The van der Waals surface area contributed by atoms with Crippen LogP contribution in [0.2, 0.25) is 0 Å². The Morgan fingerprint density at radius 3 is 2.33 bits per heavy atom. The Labute approximate surface area is 160 Å². The van der Waals surface area contributed by atoms with Gasteiger partial charge < -0.3 is 19.1 Å². The van der Waals surface area contributed by atoms with Crippen molar-refractivity contribution >= 4 is 5.91 Å². The predicted molar refractivity (Wildman–Crippen MR) is 104 cm³/mol. The molecule has 0 bridgehead atoms. The van der Waals surface area contributed by atoms with E-state index in [1.165, 1.54) is 0 Å². The fourth-order valence-electron chi connectivity index (χ4n) is 3.79. The number of nitrogens with zero attached hydrogens (tertiary/aromatic N) is 1. The average molecular weight is 369 g/mol. The van der Waals surface area contributed by atoms with Crippen molar-refractivity contribution in [3.05, 3.63) is 59.7 Å². The maximum atomic E-state index is 13.5. The van der Waals surface area contributed by atoms with Gasteiger partial charge in [0.15, 0.2) is 11.5 Å². The number of carbonyl (C=O) groups is 1. The molecule has 0 saturated carbocycles. The molecule has 3 rings (SSSR count). The molecule has 0 radical (unpaired) electrons. The fraction of sp³-hybridized carbons (Fsp3) is 0.409. The van der Waals surface area contributed by atoms with Gasteiger partial charge in [0.05, 0.1) is 19.6 Å². The molecule has 0 unspecified atom stereocenters. The lowest BCUT2D eigenvalue weighted by Gasteiger charge is -2.39. The Morgan fingerprint density at radius 1 is 1.04 bits per heavy atom. The number of hydrogen-bond acceptors (Lipinski definition) is 4. The molecule has 1 amide bonds. The molecule has 0 spiro atoms. The Kier molecular flexibility index (Phi) is 6.01. The summed E-state index contributed by atoms with van der Waals surface area (Å²) in [6.07, 6.45) is 1.40. The van der Waals surface area contributed by atoms with Gasteiger partial charge in [-0.05, 0) is 36.1 Å². The van der Waals surface area contributed by atoms with Gasteiger partial charge in [-0.15, -0.1) is 0 Å². The van der Waals surface area contributed by atoms with Crippen LogP contribution in [0.4, 0.5) is 0 Å². The molecule has 2 aromatic carbocycles. The predicted octanol–water partition coefficient (Wildman–Crippen LogP) is 3.41. The van der Waals surface area contributed by atoms with E-state index in [0.717, 1.165) is 11.1 Å². The van der Waals surface area contributed by atoms with E-state index in [0.29, 0.717) is 44.1 Å². The van der Waals surface area contributed by atoms with Crippen molar-refractivity contribution in [2.45, 2.75) is 24.8 Å². The molecule has 1 aliphatic rings. The number of benzene rings is 2. The molecule has 27 heavy (non-hydrogen) atoms. The zero-order chi connectivity index (χ0) is 19.3. The monoisotopic (exact) mass is 369 g/mol. The number of ether oxygens (including phenoxy) is 3. The second-order valence-corrected chi connectivity index (χ2v) is 6.91. The zero-order valence-corrected chi connectivity index (χ0v) is 16.2. The minimum Gasteiger partial charge on any atom is -0.493 e. The summed E-state index contributed by atoms with van der Waals surface area (Å²) < 4.78 is 16.2. The van der Waals surface area contributed by atoms with Crippen LogP contribution in [0.1, 0.15) is 24.0 Å². The average Bonchev–Trinajstić information content (AvgIpc) is 2.74. The van der Waals surface area contributed by atoms with Crippen LogP contribution in [-0.2, 0) is 21.5 Å². The molecule has 0 N–H and O–H groups in total. The van der Waals surface area contributed by atoms with Gasteiger partial charge in [0.1, 0.15) is 0 Å². The van der Waals surface area contributed by atoms with Crippen molar-refractivity contribution in [3.63, 3.8) is 0 Å². The summed E-state index contributed by atoms with van der Waals surface area (Å²) in [4.78, 5) is 15.3. The van der Waals surface area contributed by atoms with Gasteiger partial charge in [0.25, 0.3) is 0 Å². The van der Waals surface area contributed by atoms with Crippen LogP contribution in [0.15, 0.2) is 48.5 Å². The molecule has 5 nitrogen and oxygen atoms in total. The lowest BCUT2D eigenvalue weighted by Crippen LogP contribution is -2.48. The molecule has 0 aliphatic carbocycles. The molecule has 144 valence electrons. The maximum Gasteiger partial charge on any atom is 0.233 e. The smallest absolute Gasteiger partial charge is 0.233 e. The Morgan fingerprint density at radius 2 is 1.70 bits per heavy atom. The Bertz CT molecular complexity index is 769. The standard InChI is InChI=1S/C22H27NO4/c1-23(16-17-9-10-19(25-2)20(15-17)26-3)21(24)22(11-13-27-14-12-22)18-7-5-4-6-8-18/h4-10,15H,11-14,16H2,1-3H3. The summed E-state index contributed by atoms with van der Waals surface area (Å²) in [6.45, 7) is 1.71. The van der Waals surface area contributed by atoms with Gasteiger partial charge in [-0.1, -0.05) is 36.4 Å². The zero-order valence-electron chi connectivity index (χ0n) is 16.2. The highest BCUT2D eigenvalue weighted by Crippen LogP contribution is 2.37. The van der Waals surface area contributed by atoms with E-state index in [4.69, 9.17) is 14.2 Å².